The normalized spacial score (nSPS) is 21.0. The highest BCUT2D eigenvalue weighted by Gasteiger charge is 2.28. The van der Waals surface area contributed by atoms with E-state index in [0.29, 0.717) is 26.9 Å². The molecular weight excluding hydrogens is 341 g/mol. The van der Waals surface area contributed by atoms with Crippen molar-refractivity contribution in [2.75, 3.05) is 25.0 Å². The summed E-state index contributed by atoms with van der Waals surface area (Å²) in [4.78, 5) is 4.26. The maximum Gasteiger partial charge on any atom is 0.125 e. The molecule has 2 N–H and O–H groups in total. The number of nitrogens with zero attached hydrogens (tertiary/aromatic N) is 1. The maximum absolute atomic E-state index is 6.14. The molecule has 1 aromatic heterocycles. The molecule has 0 spiro atoms. The van der Waals surface area contributed by atoms with Gasteiger partial charge in [-0.2, -0.15) is 0 Å². The van der Waals surface area contributed by atoms with Gasteiger partial charge in [0, 0.05) is 31.7 Å². The monoisotopic (exact) mass is 355 g/mol. The van der Waals surface area contributed by atoms with Crippen molar-refractivity contribution in [3.63, 3.8) is 0 Å². The lowest BCUT2D eigenvalue weighted by molar-refractivity contribution is 0.545. The van der Waals surface area contributed by atoms with Crippen molar-refractivity contribution in [3.8, 4) is 0 Å². The van der Waals surface area contributed by atoms with Crippen molar-refractivity contribution < 1.29 is 0 Å². The Morgan fingerprint density at radius 1 is 1.09 bits per heavy atom. The average molecular weight is 357 g/mol. The number of pyridine rings is 1. The van der Waals surface area contributed by atoms with Crippen molar-refractivity contribution in [2.24, 2.45) is 5.92 Å². The number of hydrogen-bond acceptors (Lipinski definition) is 3. The molecule has 1 aliphatic heterocycles. The molecule has 0 aliphatic carbocycles. The summed E-state index contributed by atoms with van der Waals surface area (Å²) < 4.78 is 0. The van der Waals surface area contributed by atoms with Gasteiger partial charge in [0.15, 0.2) is 0 Å². The Morgan fingerprint density at radius 2 is 1.95 bits per heavy atom. The van der Waals surface area contributed by atoms with Gasteiger partial charge < -0.3 is 10.6 Å². The quantitative estimate of drug-likeness (QED) is 0.849. The number of rotatable bonds is 4. The Kier molecular flexibility index (Phi) is 5.09. The van der Waals surface area contributed by atoms with Gasteiger partial charge in [0.05, 0.1) is 15.1 Å². The molecule has 2 unspecified atom stereocenters. The molecule has 3 nitrogen and oxygen atoms in total. The molecule has 1 fully saturated rings. The van der Waals surface area contributed by atoms with Gasteiger partial charge in [-0.3, -0.25) is 0 Å². The summed E-state index contributed by atoms with van der Waals surface area (Å²) in [5.41, 5.74) is 1.22. The molecule has 2 aromatic rings. The average Bonchev–Trinajstić information content (AvgIpc) is 2.98. The molecule has 2 atom stereocenters. The smallest absolute Gasteiger partial charge is 0.125 e. The fraction of sp³-hybridized carbons (Fsp3) is 0.312. The zero-order valence-electron chi connectivity index (χ0n) is 11.8. The molecule has 0 radical (unpaired) electrons. The van der Waals surface area contributed by atoms with Crippen LogP contribution in [0, 0.1) is 5.92 Å². The minimum absolute atomic E-state index is 0.412. The van der Waals surface area contributed by atoms with Gasteiger partial charge in [0.25, 0.3) is 0 Å². The van der Waals surface area contributed by atoms with E-state index in [-0.39, 0.29) is 0 Å². The number of aromatic nitrogens is 1. The Balaban J connectivity index is 1.67. The molecule has 0 amide bonds. The van der Waals surface area contributed by atoms with E-state index in [1.807, 2.05) is 24.3 Å². The van der Waals surface area contributed by atoms with E-state index in [9.17, 15) is 0 Å². The van der Waals surface area contributed by atoms with Crippen LogP contribution in [0.3, 0.4) is 0 Å². The van der Waals surface area contributed by atoms with Crippen LogP contribution >= 0.6 is 34.8 Å². The van der Waals surface area contributed by atoms with Gasteiger partial charge in [-0.05, 0) is 35.7 Å². The van der Waals surface area contributed by atoms with Crippen molar-refractivity contribution in [3.05, 3.63) is 57.2 Å². The van der Waals surface area contributed by atoms with Gasteiger partial charge >= 0.3 is 0 Å². The largest absolute Gasteiger partial charge is 0.370 e. The van der Waals surface area contributed by atoms with Crippen LogP contribution in [0.2, 0.25) is 15.1 Å². The van der Waals surface area contributed by atoms with Gasteiger partial charge in [0.2, 0.25) is 0 Å². The van der Waals surface area contributed by atoms with E-state index in [2.05, 4.69) is 21.7 Å². The maximum atomic E-state index is 6.14. The van der Waals surface area contributed by atoms with E-state index in [1.54, 1.807) is 6.20 Å². The van der Waals surface area contributed by atoms with E-state index in [0.717, 1.165) is 25.5 Å². The fourth-order valence-corrected chi connectivity index (χ4v) is 3.21. The number of benzene rings is 1. The highest BCUT2D eigenvalue weighted by Crippen LogP contribution is 2.32. The topological polar surface area (TPSA) is 37.0 Å². The number of anilines is 1. The first-order valence-corrected chi connectivity index (χ1v) is 8.28. The second-order valence-corrected chi connectivity index (χ2v) is 6.69. The number of halogens is 3. The van der Waals surface area contributed by atoms with Crippen molar-refractivity contribution in [1.82, 2.24) is 10.3 Å². The molecule has 116 valence electrons. The Labute approximate surface area is 145 Å². The molecule has 3 rings (SSSR count). The SMILES string of the molecule is Clc1ccc(NCC2CNCC2c2ccc(Cl)c(Cl)c2)nc1. The summed E-state index contributed by atoms with van der Waals surface area (Å²) >= 11 is 18.0. The molecule has 0 saturated carbocycles. The predicted molar refractivity (Wildman–Crippen MR) is 93.3 cm³/mol. The lowest BCUT2D eigenvalue weighted by Crippen LogP contribution is -2.21. The number of nitrogens with one attached hydrogen (secondary N) is 2. The van der Waals surface area contributed by atoms with E-state index in [4.69, 9.17) is 34.8 Å². The van der Waals surface area contributed by atoms with Gasteiger partial charge in [-0.15, -0.1) is 0 Å². The summed E-state index contributed by atoms with van der Waals surface area (Å²) in [6, 6.07) is 9.61. The van der Waals surface area contributed by atoms with Gasteiger partial charge in [-0.25, -0.2) is 4.98 Å². The van der Waals surface area contributed by atoms with Gasteiger partial charge in [-0.1, -0.05) is 40.9 Å². The first kappa shape index (κ1) is 15.9. The fourth-order valence-electron chi connectivity index (χ4n) is 2.80. The van der Waals surface area contributed by atoms with Crippen molar-refractivity contribution in [2.45, 2.75) is 5.92 Å². The second-order valence-electron chi connectivity index (χ2n) is 5.44. The lowest BCUT2D eigenvalue weighted by atomic mass is 9.89. The van der Waals surface area contributed by atoms with Crippen LogP contribution < -0.4 is 10.6 Å². The minimum Gasteiger partial charge on any atom is -0.370 e. The molecular formula is C16H16Cl3N3. The summed E-state index contributed by atoms with van der Waals surface area (Å²) in [7, 11) is 0. The zero-order valence-corrected chi connectivity index (χ0v) is 14.1. The highest BCUT2D eigenvalue weighted by atomic mass is 35.5. The minimum atomic E-state index is 0.412. The van der Waals surface area contributed by atoms with Crippen molar-refractivity contribution >= 4 is 40.6 Å². The third-order valence-electron chi connectivity index (χ3n) is 3.98. The predicted octanol–water partition coefficient (Wildman–Crippen LogP) is 4.46. The van der Waals surface area contributed by atoms with Crippen molar-refractivity contribution in [1.29, 1.82) is 0 Å². The molecule has 0 bridgehead atoms. The molecule has 22 heavy (non-hydrogen) atoms. The second kappa shape index (κ2) is 7.05. The van der Waals surface area contributed by atoms with Crippen LogP contribution in [0.25, 0.3) is 0 Å². The third kappa shape index (κ3) is 3.66. The Morgan fingerprint density at radius 3 is 2.68 bits per heavy atom. The number of hydrogen-bond donors (Lipinski definition) is 2. The summed E-state index contributed by atoms with van der Waals surface area (Å²) in [6.45, 7) is 2.75. The Hall–Kier alpha value is -1.00. The Bertz CT molecular complexity index is 646. The summed E-state index contributed by atoms with van der Waals surface area (Å²) in [5, 5.41) is 8.66. The van der Waals surface area contributed by atoms with Crippen LogP contribution in [0.15, 0.2) is 36.5 Å². The van der Waals surface area contributed by atoms with E-state index in [1.165, 1.54) is 5.56 Å². The highest BCUT2D eigenvalue weighted by molar-refractivity contribution is 6.42. The molecule has 1 saturated heterocycles. The molecule has 1 aromatic carbocycles. The molecule has 6 heteroatoms. The first-order chi connectivity index (χ1) is 10.6. The lowest BCUT2D eigenvalue weighted by Gasteiger charge is -2.20. The van der Waals surface area contributed by atoms with Gasteiger partial charge in [0.1, 0.15) is 5.82 Å². The van der Waals surface area contributed by atoms with Crippen LogP contribution in [-0.2, 0) is 0 Å². The first-order valence-electron chi connectivity index (χ1n) is 7.14. The van der Waals surface area contributed by atoms with Crippen LogP contribution in [0.4, 0.5) is 5.82 Å². The van der Waals surface area contributed by atoms with E-state index >= 15 is 0 Å². The molecule has 2 heterocycles. The third-order valence-corrected chi connectivity index (χ3v) is 4.95. The van der Waals surface area contributed by atoms with Crippen LogP contribution in [-0.4, -0.2) is 24.6 Å². The summed E-state index contributed by atoms with van der Waals surface area (Å²) in [6.07, 6.45) is 1.65. The van der Waals surface area contributed by atoms with Crippen LogP contribution in [0.5, 0.6) is 0 Å². The van der Waals surface area contributed by atoms with E-state index < -0.39 is 0 Å². The zero-order chi connectivity index (χ0) is 15.5. The summed E-state index contributed by atoms with van der Waals surface area (Å²) in [5.74, 6) is 1.72. The molecule has 1 aliphatic rings. The standard InChI is InChI=1S/C16H16Cl3N3/c17-12-2-4-16(22-8-12)21-7-11-6-20-9-13(11)10-1-3-14(18)15(19)5-10/h1-5,8,11,13,20H,6-7,9H2,(H,21,22). The van der Waals surface area contributed by atoms with Crippen LogP contribution in [0.1, 0.15) is 11.5 Å².